The number of fused-ring (bicyclic) bond motifs is 5. The van der Waals surface area contributed by atoms with Crippen LogP contribution < -0.4 is 0 Å². The molecule has 4 aliphatic carbocycles. The molecule has 0 aromatic heterocycles. The largest absolute Gasteiger partial charge is 0.393 e. The Morgan fingerprint density at radius 2 is 1.90 bits per heavy atom. The Balaban J connectivity index is 1.47. The first-order valence-electron chi connectivity index (χ1n) is 12.9. The van der Waals surface area contributed by atoms with Crippen molar-refractivity contribution < 1.29 is 20.4 Å². The molecule has 0 saturated heterocycles. The van der Waals surface area contributed by atoms with E-state index >= 15 is 0 Å². The van der Waals surface area contributed by atoms with Crippen LogP contribution in [0.1, 0.15) is 91.9 Å². The Kier molecular flexibility index (Phi) is 6.44. The molecule has 0 amide bonds. The molecule has 4 nitrogen and oxygen atoms in total. The Labute approximate surface area is 189 Å². The van der Waals surface area contributed by atoms with Crippen molar-refractivity contribution in [2.75, 3.05) is 6.61 Å². The van der Waals surface area contributed by atoms with Crippen LogP contribution in [0.25, 0.3) is 0 Å². The minimum atomic E-state index is -0.949. The first kappa shape index (κ1) is 23.7. The molecule has 4 aliphatic rings. The lowest BCUT2D eigenvalue weighted by Gasteiger charge is -2.59. The highest BCUT2D eigenvalue weighted by Gasteiger charge is 2.60. The second-order valence-corrected chi connectivity index (χ2v) is 12.5. The van der Waals surface area contributed by atoms with E-state index in [1.807, 2.05) is 0 Å². The van der Waals surface area contributed by atoms with Gasteiger partial charge in [-0.25, -0.2) is 0 Å². The normalized spacial score (nSPS) is 47.5. The first-order valence-corrected chi connectivity index (χ1v) is 12.9. The van der Waals surface area contributed by atoms with Crippen LogP contribution in [0.15, 0.2) is 11.6 Å². The zero-order valence-electron chi connectivity index (χ0n) is 20.2. The van der Waals surface area contributed by atoms with Crippen molar-refractivity contribution in [3.63, 3.8) is 0 Å². The van der Waals surface area contributed by atoms with Gasteiger partial charge < -0.3 is 20.4 Å². The van der Waals surface area contributed by atoms with Gasteiger partial charge in [-0.1, -0.05) is 45.3 Å². The van der Waals surface area contributed by atoms with E-state index < -0.39 is 11.7 Å². The summed E-state index contributed by atoms with van der Waals surface area (Å²) in [5.74, 6) is 3.30. The highest BCUT2D eigenvalue weighted by atomic mass is 16.3. The van der Waals surface area contributed by atoms with Gasteiger partial charge in [0.2, 0.25) is 0 Å². The van der Waals surface area contributed by atoms with Crippen LogP contribution in [0.5, 0.6) is 0 Å². The minimum Gasteiger partial charge on any atom is -0.393 e. The zero-order valence-corrected chi connectivity index (χ0v) is 20.2. The molecule has 0 unspecified atom stereocenters. The van der Waals surface area contributed by atoms with Gasteiger partial charge in [0.25, 0.3) is 0 Å². The summed E-state index contributed by atoms with van der Waals surface area (Å²) in [7, 11) is 0. The number of hydrogen-bond acceptors (Lipinski definition) is 4. The van der Waals surface area contributed by atoms with Crippen molar-refractivity contribution in [2.45, 2.75) is 110 Å². The molecular weight excluding hydrogens is 388 g/mol. The molecule has 0 radical (unpaired) electrons. The zero-order chi connectivity index (χ0) is 22.6. The fourth-order valence-electron chi connectivity index (χ4n) is 8.76. The fraction of sp³-hybridized carbons (Fsp3) is 0.926. The predicted molar refractivity (Wildman–Crippen MR) is 123 cm³/mol. The second-order valence-electron chi connectivity index (χ2n) is 12.5. The van der Waals surface area contributed by atoms with E-state index in [0.29, 0.717) is 36.0 Å². The Bertz CT molecular complexity index is 687. The molecule has 0 aliphatic heterocycles. The molecule has 0 bridgehead atoms. The predicted octanol–water partition coefficient (Wildman–Crippen LogP) is 4.45. The number of rotatable bonds is 6. The van der Waals surface area contributed by atoms with Crippen molar-refractivity contribution in [1.82, 2.24) is 0 Å². The van der Waals surface area contributed by atoms with Crippen LogP contribution >= 0.6 is 0 Å². The summed E-state index contributed by atoms with van der Waals surface area (Å²) in [6.45, 7) is 8.82. The van der Waals surface area contributed by atoms with Crippen molar-refractivity contribution in [3.05, 3.63) is 11.6 Å². The summed E-state index contributed by atoms with van der Waals surface area (Å²) in [5, 5.41) is 40.7. The first-order chi connectivity index (χ1) is 14.5. The molecule has 3 fully saturated rings. The Morgan fingerprint density at radius 3 is 2.61 bits per heavy atom. The summed E-state index contributed by atoms with van der Waals surface area (Å²) in [6.07, 6.45) is 11.8. The molecule has 0 aromatic carbocycles. The summed E-state index contributed by atoms with van der Waals surface area (Å²) in [5.41, 5.74) is 0.599. The lowest BCUT2D eigenvalue weighted by molar-refractivity contribution is -0.108. The molecule has 4 heteroatoms. The topological polar surface area (TPSA) is 80.9 Å². The van der Waals surface area contributed by atoms with Crippen molar-refractivity contribution in [2.24, 2.45) is 40.4 Å². The van der Waals surface area contributed by atoms with Gasteiger partial charge in [0, 0.05) is 11.8 Å². The fourth-order valence-corrected chi connectivity index (χ4v) is 8.76. The van der Waals surface area contributed by atoms with Crippen LogP contribution in [-0.2, 0) is 0 Å². The van der Waals surface area contributed by atoms with Gasteiger partial charge in [-0.05, 0) is 86.9 Å². The quantitative estimate of drug-likeness (QED) is 0.466. The molecule has 31 heavy (non-hydrogen) atoms. The molecule has 3 saturated carbocycles. The van der Waals surface area contributed by atoms with Crippen LogP contribution in [0, 0.1) is 40.4 Å². The van der Waals surface area contributed by atoms with E-state index in [0.717, 1.165) is 37.5 Å². The maximum atomic E-state index is 11.1. The maximum absolute atomic E-state index is 11.1. The monoisotopic (exact) mass is 434 g/mol. The summed E-state index contributed by atoms with van der Waals surface area (Å²) < 4.78 is 0. The third-order valence-electron chi connectivity index (χ3n) is 10.7. The Morgan fingerprint density at radius 1 is 1.16 bits per heavy atom. The van der Waals surface area contributed by atoms with Gasteiger partial charge in [-0.15, -0.1) is 0 Å². The van der Waals surface area contributed by atoms with Crippen molar-refractivity contribution in [1.29, 1.82) is 0 Å². The molecular formula is C27H46O4. The van der Waals surface area contributed by atoms with E-state index in [-0.39, 0.29) is 18.1 Å². The highest BCUT2D eigenvalue weighted by Crippen LogP contribution is 2.67. The van der Waals surface area contributed by atoms with Gasteiger partial charge in [-0.2, -0.15) is 0 Å². The van der Waals surface area contributed by atoms with E-state index in [1.165, 1.54) is 31.3 Å². The number of hydrogen-bond donors (Lipinski definition) is 4. The average Bonchev–Trinajstić information content (AvgIpc) is 3.06. The lowest BCUT2D eigenvalue weighted by atomic mass is 9.46. The standard InChI is InChI=1S/C27H46O4/c1-17(6-5-12-25(2,31)16-28)21-9-10-22-20-8-7-18-14-19(29)15-24(30)27(18,4)23(20)11-13-26(21,22)3/h7,17,19-24,28-31H,5-6,8-16H2,1-4H3/t17-,19-,20+,21-,22+,23+,24+,25+,26-,27+/m1/s1. The molecule has 4 N–H and O–H groups in total. The second kappa shape index (κ2) is 8.42. The van der Waals surface area contributed by atoms with Crippen LogP contribution in [-0.4, -0.2) is 44.8 Å². The third-order valence-corrected chi connectivity index (χ3v) is 10.7. The summed E-state index contributed by atoms with van der Waals surface area (Å²) >= 11 is 0. The number of aliphatic hydroxyl groups excluding tert-OH is 3. The van der Waals surface area contributed by atoms with E-state index in [2.05, 4.69) is 26.8 Å². The maximum Gasteiger partial charge on any atom is 0.0849 e. The lowest BCUT2D eigenvalue weighted by Crippen LogP contribution is -2.55. The van der Waals surface area contributed by atoms with E-state index in [4.69, 9.17) is 0 Å². The smallest absolute Gasteiger partial charge is 0.0849 e. The minimum absolute atomic E-state index is 0.150. The van der Waals surface area contributed by atoms with E-state index in [9.17, 15) is 20.4 Å². The molecule has 178 valence electrons. The number of allylic oxidation sites excluding steroid dienone is 1. The van der Waals surface area contributed by atoms with Gasteiger partial charge in [-0.3, -0.25) is 0 Å². The molecule has 0 spiro atoms. The van der Waals surface area contributed by atoms with E-state index in [1.54, 1.807) is 6.92 Å². The average molecular weight is 435 g/mol. The third kappa shape index (κ3) is 3.94. The summed E-state index contributed by atoms with van der Waals surface area (Å²) in [6, 6.07) is 0. The summed E-state index contributed by atoms with van der Waals surface area (Å²) in [4.78, 5) is 0. The van der Waals surface area contributed by atoms with Gasteiger partial charge >= 0.3 is 0 Å². The highest BCUT2D eigenvalue weighted by molar-refractivity contribution is 5.27. The van der Waals surface area contributed by atoms with Gasteiger partial charge in [0.1, 0.15) is 0 Å². The SMILES string of the molecule is C[C@H](CCC[C@](C)(O)CO)[C@H]1CC[C@H]2[C@@H]3CC=C4C[C@@H](O)C[C@H](O)[C@]4(C)[C@H]3CC[C@]12C. The van der Waals surface area contributed by atoms with Gasteiger partial charge in [0.05, 0.1) is 24.4 Å². The number of aliphatic hydroxyl groups is 4. The molecule has 0 aromatic rings. The van der Waals surface area contributed by atoms with Crippen LogP contribution in [0.3, 0.4) is 0 Å². The van der Waals surface area contributed by atoms with Gasteiger partial charge in [0.15, 0.2) is 0 Å². The molecule has 10 atom stereocenters. The van der Waals surface area contributed by atoms with Crippen molar-refractivity contribution in [3.8, 4) is 0 Å². The molecule has 0 heterocycles. The Hall–Kier alpha value is -0.420. The van der Waals surface area contributed by atoms with Crippen LogP contribution in [0.4, 0.5) is 0 Å². The molecule has 4 rings (SSSR count). The van der Waals surface area contributed by atoms with Crippen LogP contribution in [0.2, 0.25) is 0 Å². The van der Waals surface area contributed by atoms with Crippen molar-refractivity contribution >= 4 is 0 Å².